The highest BCUT2D eigenvalue weighted by atomic mass is 32.2. The van der Waals surface area contributed by atoms with Crippen molar-refractivity contribution in [2.45, 2.75) is 23.3 Å². The first-order valence-corrected chi connectivity index (χ1v) is 15.0. The van der Waals surface area contributed by atoms with E-state index in [2.05, 4.69) is 0 Å². The minimum absolute atomic E-state index is 0.0479. The van der Waals surface area contributed by atoms with Crippen LogP contribution < -0.4 is 9.21 Å². The lowest BCUT2D eigenvalue weighted by Gasteiger charge is -2.49. The molecule has 0 bridgehead atoms. The number of ether oxygens (including phenoxy) is 1. The van der Waals surface area contributed by atoms with Crippen molar-refractivity contribution in [3.63, 3.8) is 0 Å². The van der Waals surface area contributed by atoms with Gasteiger partial charge in [0.15, 0.2) is 0 Å². The van der Waals surface area contributed by atoms with Gasteiger partial charge in [0.1, 0.15) is 5.82 Å². The van der Waals surface area contributed by atoms with Gasteiger partial charge in [0, 0.05) is 25.2 Å². The van der Waals surface area contributed by atoms with Gasteiger partial charge in [0.05, 0.1) is 53.6 Å². The number of benzene rings is 3. The summed E-state index contributed by atoms with van der Waals surface area (Å²) in [7, 11) is -3.37. The third-order valence-corrected chi connectivity index (χ3v) is 9.43. The maximum atomic E-state index is 14.4. The zero-order valence-electron chi connectivity index (χ0n) is 23.6. The third-order valence-electron chi connectivity index (χ3n) is 7.65. The molecule has 1 fully saturated rings. The van der Waals surface area contributed by atoms with Crippen LogP contribution in [0.4, 0.5) is 42.1 Å². The Labute approximate surface area is 254 Å². The van der Waals surface area contributed by atoms with Crippen molar-refractivity contribution in [2.75, 3.05) is 49.0 Å². The van der Waals surface area contributed by atoms with Crippen LogP contribution in [0.3, 0.4) is 0 Å². The van der Waals surface area contributed by atoms with E-state index in [4.69, 9.17) is 4.74 Å². The summed E-state index contributed by atoms with van der Waals surface area (Å²) in [6, 6.07) is 9.80. The predicted molar refractivity (Wildman–Crippen MR) is 152 cm³/mol. The molecule has 3 aromatic rings. The molecule has 0 saturated carbocycles. The van der Waals surface area contributed by atoms with E-state index in [1.807, 2.05) is 4.90 Å². The lowest BCUT2D eigenvalue weighted by molar-refractivity contribution is -0.142. The number of sulfonamides is 1. The van der Waals surface area contributed by atoms with Gasteiger partial charge in [-0.15, -0.1) is 0 Å². The van der Waals surface area contributed by atoms with E-state index in [0.29, 0.717) is 24.8 Å². The molecule has 0 aliphatic carbocycles. The first kappa shape index (κ1) is 32.3. The van der Waals surface area contributed by atoms with Gasteiger partial charge in [-0.05, 0) is 48.0 Å². The number of piperazine rings is 1. The highest BCUT2D eigenvalue weighted by Crippen LogP contribution is 2.42. The summed E-state index contributed by atoms with van der Waals surface area (Å²) in [4.78, 5) is 15.0. The minimum Gasteiger partial charge on any atom is -0.468 e. The Morgan fingerprint density at radius 3 is 2.33 bits per heavy atom. The molecule has 1 atom stereocenters. The number of alkyl halides is 6. The summed E-state index contributed by atoms with van der Waals surface area (Å²) in [5.74, 6) is -1.60. The molecule has 2 aliphatic heterocycles. The Morgan fingerprint density at radius 2 is 1.64 bits per heavy atom. The van der Waals surface area contributed by atoms with Crippen molar-refractivity contribution in [1.29, 1.82) is 0 Å². The number of carbonyl (C=O) groups is 1. The fraction of sp³-hybridized carbons (Fsp3) is 0.300. The number of hydrogen-bond acceptors (Lipinski definition) is 6. The van der Waals surface area contributed by atoms with E-state index in [1.165, 1.54) is 25.3 Å². The van der Waals surface area contributed by atoms with E-state index < -0.39 is 61.8 Å². The standard InChI is InChI=1S/C30H26F7N3O4S/c1-44-28(41)18-38-12-13-39-21(16-38)17-40(45(42,43)22-5-2-4-20(15-22)29(32,33)34)27-14-19(9-11-26(27)39)8-10-23-24(30(35,36)37)6-3-7-25(23)31/h2-11,14-15,21H,12-13,16-18H2,1H3/b10-8+/t21-/m0/s1. The van der Waals surface area contributed by atoms with Crippen LogP contribution in [0.5, 0.6) is 0 Å². The van der Waals surface area contributed by atoms with E-state index in [-0.39, 0.29) is 30.9 Å². The van der Waals surface area contributed by atoms with Crippen LogP contribution in [0, 0.1) is 5.82 Å². The number of fused-ring (bicyclic) bond motifs is 3. The molecule has 0 N–H and O–H groups in total. The molecule has 15 heteroatoms. The second kappa shape index (κ2) is 12.0. The van der Waals surface area contributed by atoms with Gasteiger partial charge in [-0.1, -0.05) is 30.4 Å². The second-order valence-corrected chi connectivity index (χ2v) is 12.4. The lowest BCUT2D eigenvalue weighted by atomic mass is 10.0. The molecule has 45 heavy (non-hydrogen) atoms. The van der Waals surface area contributed by atoms with Crippen LogP contribution >= 0.6 is 0 Å². The van der Waals surface area contributed by atoms with Crippen LogP contribution in [0.15, 0.2) is 65.6 Å². The summed E-state index contributed by atoms with van der Waals surface area (Å²) in [5, 5.41) is 0. The van der Waals surface area contributed by atoms with Gasteiger partial charge in [-0.2, -0.15) is 26.3 Å². The third kappa shape index (κ3) is 6.64. The van der Waals surface area contributed by atoms with Gasteiger partial charge in [-0.25, -0.2) is 12.8 Å². The van der Waals surface area contributed by atoms with Crippen LogP contribution in [0.1, 0.15) is 22.3 Å². The molecular weight excluding hydrogens is 631 g/mol. The Hall–Kier alpha value is -4.11. The smallest absolute Gasteiger partial charge is 0.417 e. The van der Waals surface area contributed by atoms with Crippen molar-refractivity contribution in [1.82, 2.24) is 4.90 Å². The zero-order chi connectivity index (χ0) is 32.7. The van der Waals surface area contributed by atoms with Crippen LogP contribution in [-0.2, 0) is 31.9 Å². The molecule has 240 valence electrons. The predicted octanol–water partition coefficient (Wildman–Crippen LogP) is 5.91. The largest absolute Gasteiger partial charge is 0.468 e. The summed E-state index contributed by atoms with van der Waals surface area (Å²) >= 11 is 0. The zero-order valence-corrected chi connectivity index (χ0v) is 24.4. The van der Waals surface area contributed by atoms with Gasteiger partial charge in [0.2, 0.25) is 0 Å². The maximum absolute atomic E-state index is 14.4. The van der Waals surface area contributed by atoms with Gasteiger partial charge < -0.3 is 9.64 Å². The number of carbonyl (C=O) groups excluding carboxylic acids is 1. The number of rotatable bonds is 6. The average molecular weight is 658 g/mol. The molecule has 0 aromatic heterocycles. The normalized spacial score (nSPS) is 17.7. The molecule has 0 amide bonds. The Balaban J connectivity index is 1.58. The number of methoxy groups -OCH3 is 1. The quantitative estimate of drug-likeness (QED) is 0.187. The fourth-order valence-electron chi connectivity index (χ4n) is 5.48. The number of hydrogen-bond donors (Lipinski definition) is 0. The summed E-state index contributed by atoms with van der Waals surface area (Å²) in [6.07, 6.45) is -7.51. The van der Waals surface area contributed by atoms with E-state index in [9.17, 15) is 43.9 Å². The number of esters is 1. The summed E-state index contributed by atoms with van der Waals surface area (Å²) in [6.45, 7) is 0.764. The fourth-order valence-corrected chi connectivity index (χ4v) is 7.04. The van der Waals surface area contributed by atoms with Gasteiger partial charge >= 0.3 is 18.3 Å². The molecule has 1 saturated heterocycles. The first-order chi connectivity index (χ1) is 21.1. The van der Waals surface area contributed by atoms with E-state index >= 15 is 0 Å². The second-order valence-electron chi connectivity index (χ2n) is 10.5. The molecule has 2 heterocycles. The molecule has 5 rings (SSSR count). The van der Waals surface area contributed by atoms with Crippen LogP contribution in [0.25, 0.3) is 12.2 Å². The lowest BCUT2D eigenvalue weighted by Crippen LogP contribution is -2.61. The monoisotopic (exact) mass is 657 g/mol. The number of anilines is 2. The van der Waals surface area contributed by atoms with Crippen molar-refractivity contribution < 1.29 is 48.7 Å². The van der Waals surface area contributed by atoms with E-state index in [0.717, 1.165) is 46.8 Å². The van der Waals surface area contributed by atoms with Crippen molar-refractivity contribution in [3.8, 4) is 0 Å². The van der Waals surface area contributed by atoms with Crippen LogP contribution in [0.2, 0.25) is 0 Å². The van der Waals surface area contributed by atoms with Gasteiger partial charge in [0.25, 0.3) is 10.0 Å². The van der Waals surface area contributed by atoms with Crippen molar-refractivity contribution in [3.05, 3.63) is 88.7 Å². The number of halogens is 7. The molecular formula is C30H26F7N3O4S. The molecule has 0 radical (unpaired) electrons. The SMILES string of the molecule is COC(=O)CN1CCN2c3ccc(/C=C/c4c(F)cccc4C(F)(F)F)cc3N(S(=O)(=O)c3cccc(C(F)(F)F)c3)C[C@@H]2C1. The molecule has 7 nitrogen and oxygen atoms in total. The van der Waals surface area contributed by atoms with E-state index in [1.54, 1.807) is 11.0 Å². The van der Waals surface area contributed by atoms with Crippen molar-refractivity contribution in [2.24, 2.45) is 0 Å². The molecule has 3 aromatic carbocycles. The summed E-state index contributed by atoms with van der Waals surface area (Å²) in [5.41, 5.74) is -2.35. The van der Waals surface area contributed by atoms with Crippen molar-refractivity contribution >= 4 is 39.5 Å². The average Bonchev–Trinajstić information content (AvgIpc) is 2.98. The minimum atomic E-state index is -4.83. The molecule has 2 aliphatic rings. The van der Waals surface area contributed by atoms with Crippen LogP contribution in [-0.4, -0.2) is 65.2 Å². The molecule has 0 spiro atoms. The Bertz CT molecular complexity index is 1740. The highest BCUT2D eigenvalue weighted by molar-refractivity contribution is 7.92. The Kier molecular flexibility index (Phi) is 8.61. The number of nitrogens with zero attached hydrogens (tertiary/aromatic N) is 3. The Morgan fingerprint density at radius 1 is 0.911 bits per heavy atom. The summed E-state index contributed by atoms with van der Waals surface area (Å²) < 4.78 is 129. The topological polar surface area (TPSA) is 70.2 Å². The maximum Gasteiger partial charge on any atom is 0.417 e. The first-order valence-electron chi connectivity index (χ1n) is 13.5. The molecule has 0 unspecified atom stereocenters. The van der Waals surface area contributed by atoms with Gasteiger partial charge in [-0.3, -0.25) is 14.0 Å². The highest BCUT2D eigenvalue weighted by Gasteiger charge is 2.41.